The molecule has 0 radical (unpaired) electrons. The van der Waals surface area contributed by atoms with Crippen LogP contribution in [-0.2, 0) is 16.5 Å². The number of anilines is 1. The summed E-state index contributed by atoms with van der Waals surface area (Å²) in [6.45, 7) is 2.02. The van der Waals surface area contributed by atoms with Crippen LogP contribution in [0.2, 0.25) is 0 Å². The molecule has 76 valence electrons. The lowest BCUT2D eigenvalue weighted by atomic mass is 10.1. The fourth-order valence-corrected chi connectivity index (χ4v) is 2.18. The number of fused-ring (bicyclic) bond motifs is 1. The highest BCUT2D eigenvalue weighted by molar-refractivity contribution is 7.85. The normalized spacial score (nSPS) is 20.3. The summed E-state index contributed by atoms with van der Waals surface area (Å²) in [6.07, 6.45) is 0.890. The van der Waals surface area contributed by atoms with Gasteiger partial charge in [0, 0.05) is 11.7 Å². The summed E-state index contributed by atoms with van der Waals surface area (Å²) in [4.78, 5) is -0.0575. The Kier molecular flexibility index (Phi) is 2.01. The summed E-state index contributed by atoms with van der Waals surface area (Å²) < 4.78 is 30.5. The van der Waals surface area contributed by atoms with Crippen LogP contribution in [0.15, 0.2) is 23.1 Å². The zero-order chi connectivity index (χ0) is 10.3. The molecule has 0 amide bonds. The lowest BCUT2D eigenvalue weighted by Gasteiger charge is -2.03. The van der Waals surface area contributed by atoms with Crippen LogP contribution < -0.4 is 5.32 Å². The Labute approximate surface area is 82.7 Å². The largest absolute Gasteiger partial charge is 0.382 e. The number of rotatable bonds is 1. The number of nitrogens with one attached hydrogen (secondary N) is 1. The summed E-state index contributed by atoms with van der Waals surface area (Å²) in [5.41, 5.74) is 1.89. The molecule has 1 aromatic rings. The summed E-state index contributed by atoms with van der Waals surface area (Å²) in [5.74, 6) is 0. The average Bonchev–Trinajstić information content (AvgIpc) is 2.41. The van der Waals surface area contributed by atoms with Crippen LogP contribution >= 0.6 is 0 Å². The highest BCUT2D eigenvalue weighted by Crippen LogP contribution is 2.27. The van der Waals surface area contributed by atoms with Crippen molar-refractivity contribution >= 4 is 15.8 Å². The topological polar surface area (TPSA) is 66.4 Å². The van der Waals surface area contributed by atoms with E-state index in [0.29, 0.717) is 6.04 Å². The molecular formula is C9H11NO3S. The maximum Gasteiger partial charge on any atom is 0.294 e. The molecule has 5 heteroatoms. The van der Waals surface area contributed by atoms with Gasteiger partial charge in [-0.05, 0) is 31.0 Å². The molecule has 0 saturated carbocycles. The molecule has 1 heterocycles. The third kappa shape index (κ3) is 1.60. The van der Waals surface area contributed by atoms with Crippen molar-refractivity contribution in [1.82, 2.24) is 0 Å². The zero-order valence-corrected chi connectivity index (χ0v) is 8.50. The molecule has 2 N–H and O–H groups in total. The number of hydrogen-bond donors (Lipinski definition) is 2. The first-order valence-corrected chi connectivity index (χ1v) is 5.78. The molecule has 0 bridgehead atoms. The first-order valence-electron chi connectivity index (χ1n) is 4.34. The van der Waals surface area contributed by atoms with Crippen molar-refractivity contribution in [2.75, 3.05) is 5.32 Å². The Morgan fingerprint density at radius 2 is 2.21 bits per heavy atom. The fraction of sp³-hybridized carbons (Fsp3) is 0.333. The minimum absolute atomic E-state index is 0.0575. The minimum atomic E-state index is -4.08. The molecule has 1 aromatic carbocycles. The van der Waals surface area contributed by atoms with Gasteiger partial charge in [-0.3, -0.25) is 4.55 Å². The first kappa shape index (κ1) is 9.48. The molecule has 0 aromatic heterocycles. The third-order valence-electron chi connectivity index (χ3n) is 2.31. The summed E-state index contributed by atoms with van der Waals surface area (Å²) in [6, 6.07) is 4.94. The monoisotopic (exact) mass is 213 g/mol. The van der Waals surface area contributed by atoms with E-state index in [9.17, 15) is 8.42 Å². The van der Waals surface area contributed by atoms with Gasteiger partial charge in [0.25, 0.3) is 10.1 Å². The molecule has 2 rings (SSSR count). The third-order valence-corrected chi connectivity index (χ3v) is 3.16. The van der Waals surface area contributed by atoms with Gasteiger partial charge in [0.1, 0.15) is 0 Å². The van der Waals surface area contributed by atoms with E-state index in [4.69, 9.17) is 4.55 Å². The molecule has 1 unspecified atom stereocenters. The summed E-state index contributed by atoms with van der Waals surface area (Å²) >= 11 is 0. The molecule has 0 fully saturated rings. The van der Waals surface area contributed by atoms with E-state index >= 15 is 0 Å². The maximum absolute atomic E-state index is 10.8. The van der Waals surface area contributed by atoms with Gasteiger partial charge < -0.3 is 5.32 Å². The van der Waals surface area contributed by atoms with Gasteiger partial charge in [-0.1, -0.05) is 6.07 Å². The van der Waals surface area contributed by atoms with Gasteiger partial charge in [0.15, 0.2) is 0 Å². The van der Waals surface area contributed by atoms with Crippen molar-refractivity contribution in [2.45, 2.75) is 24.3 Å². The van der Waals surface area contributed by atoms with Gasteiger partial charge >= 0.3 is 0 Å². The maximum atomic E-state index is 10.8. The lowest BCUT2D eigenvalue weighted by molar-refractivity contribution is 0.483. The molecular weight excluding hydrogens is 202 g/mol. The number of benzene rings is 1. The van der Waals surface area contributed by atoms with Crippen molar-refractivity contribution in [3.63, 3.8) is 0 Å². The van der Waals surface area contributed by atoms with Crippen molar-refractivity contribution < 1.29 is 13.0 Å². The molecule has 14 heavy (non-hydrogen) atoms. The average molecular weight is 213 g/mol. The molecule has 4 nitrogen and oxygen atoms in total. The molecule has 0 spiro atoms. The predicted octanol–water partition coefficient (Wildman–Crippen LogP) is 1.29. The second kappa shape index (κ2) is 2.96. The Balaban J connectivity index is 2.48. The van der Waals surface area contributed by atoms with Crippen LogP contribution in [-0.4, -0.2) is 19.0 Å². The van der Waals surface area contributed by atoms with Crippen LogP contribution in [0.25, 0.3) is 0 Å². The van der Waals surface area contributed by atoms with Gasteiger partial charge in [-0.25, -0.2) is 0 Å². The van der Waals surface area contributed by atoms with Gasteiger partial charge in [0.05, 0.1) is 4.90 Å². The first-order chi connectivity index (χ1) is 6.47. The van der Waals surface area contributed by atoms with Gasteiger partial charge in [-0.15, -0.1) is 0 Å². The number of hydrogen-bond acceptors (Lipinski definition) is 3. The van der Waals surface area contributed by atoms with Crippen LogP contribution in [0.5, 0.6) is 0 Å². The molecule has 1 aliphatic heterocycles. The Hall–Kier alpha value is -1.07. The fourth-order valence-electron chi connectivity index (χ4n) is 1.67. The van der Waals surface area contributed by atoms with Crippen LogP contribution in [0, 0.1) is 0 Å². The highest BCUT2D eigenvalue weighted by Gasteiger charge is 2.19. The highest BCUT2D eigenvalue weighted by atomic mass is 32.2. The Bertz CT molecular complexity index is 467. The van der Waals surface area contributed by atoms with Gasteiger partial charge in [0.2, 0.25) is 0 Å². The summed E-state index contributed by atoms with van der Waals surface area (Å²) in [7, 11) is -4.08. The smallest absolute Gasteiger partial charge is 0.294 e. The second-order valence-corrected chi connectivity index (χ2v) is 4.97. The van der Waals surface area contributed by atoms with Crippen LogP contribution in [0.3, 0.4) is 0 Å². The SMILES string of the molecule is CC1Cc2ccc(S(=O)(=O)O)cc2N1. The van der Waals surface area contributed by atoms with E-state index in [1.807, 2.05) is 6.92 Å². The van der Waals surface area contributed by atoms with E-state index < -0.39 is 10.1 Å². The molecule has 1 atom stereocenters. The minimum Gasteiger partial charge on any atom is -0.382 e. The molecule has 0 saturated heterocycles. The van der Waals surface area contributed by atoms with Crippen molar-refractivity contribution in [3.8, 4) is 0 Å². The Morgan fingerprint density at radius 1 is 1.50 bits per heavy atom. The van der Waals surface area contributed by atoms with E-state index in [0.717, 1.165) is 17.7 Å². The second-order valence-electron chi connectivity index (χ2n) is 3.54. The Morgan fingerprint density at radius 3 is 2.86 bits per heavy atom. The standard InChI is InChI=1S/C9H11NO3S/c1-6-4-7-2-3-8(14(11,12)13)5-9(7)10-6/h2-3,5-6,10H,4H2,1H3,(H,11,12,13). The van der Waals surface area contributed by atoms with E-state index in [-0.39, 0.29) is 4.90 Å². The van der Waals surface area contributed by atoms with E-state index in [1.165, 1.54) is 12.1 Å². The lowest BCUT2D eigenvalue weighted by Crippen LogP contribution is -2.08. The van der Waals surface area contributed by atoms with Gasteiger partial charge in [-0.2, -0.15) is 8.42 Å². The van der Waals surface area contributed by atoms with Crippen molar-refractivity contribution in [1.29, 1.82) is 0 Å². The van der Waals surface area contributed by atoms with Crippen molar-refractivity contribution in [3.05, 3.63) is 23.8 Å². The van der Waals surface area contributed by atoms with Crippen LogP contribution in [0.4, 0.5) is 5.69 Å². The summed E-state index contributed by atoms with van der Waals surface area (Å²) in [5, 5.41) is 3.13. The molecule has 0 aliphatic carbocycles. The van der Waals surface area contributed by atoms with Crippen molar-refractivity contribution in [2.24, 2.45) is 0 Å². The van der Waals surface area contributed by atoms with E-state index in [1.54, 1.807) is 6.07 Å². The zero-order valence-electron chi connectivity index (χ0n) is 7.69. The predicted molar refractivity (Wildman–Crippen MR) is 53.0 cm³/mol. The molecule has 1 aliphatic rings. The van der Waals surface area contributed by atoms with E-state index in [2.05, 4.69) is 5.32 Å². The van der Waals surface area contributed by atoms with Crippen LogP contribution in [0.1, 0.15) is 12.5 Å². The quantitative estimate of drug-likeness (QED) is 0.690.